The van der Waals surface area contributed by atoms with Crippen LogP contribution in [0.3, 0.4) is 0 Å². The number of hydrogen-bond donors (Lipinski definition) is 1. The van der Waals surface area contributed by atoms with Crippen molar-refractivity contribution in [3.8, 4) is 0 Å². The molecule has 2 atom stereocenters. The molecule has 6 heteroatoms. The van der Waals surface area contributed by atoms with Crippen molar-refractivity contribution in [1.29, 1.82) is 0 Å². The van der Waals surface area contributed by atoms with Gasteiger partial charge >= 0.3 is 0 Å². The van der Waals surface area contributed by atoms with Crippen LogP contribution in [0.2, 0.25) is 5.28 Å². The summed E-state index contributed by atoms with van der Waals surface area (Å²) in [7, 11) is 0. The first-order chi connectivity index (χ1) is 8.60. The van der Waals surface area contributed by atoms with Crippen LogP contribution >= 0.6 is 11.6 Å². The van der Waals surface area contributed by atoms with Crippen molar-refractivity contribution in [3.05, 3.63) is 5.28 Å². The van der Waals surface area contributed by atoms with Crippen LogP contribution in [0, 0.1) is 11.8 Å². The topological polar surface area (TPSA) is 53.9 Å². The van der Waals surface area contributed by atoms with E-state index in [0.29, 0.717) is 17.8 Å². The molecular formula is C12H20ClN5. The van der Waals surface area contributed by atoms with Gasteiger partial charge in [0.1, 0.15) is 0 Å². The molecule has 100 valence electrons. The smallest absolute Gasteiger partial charge is 0.231 e. The van der Waals surface area contributed by atoms with Crippen LogP contribution in [0.5, 0.6) is 0 Å². The Bertz CT molecular complexity index is 411. The number of hydrogen-bond acceptors (Lipinski definition) is 5. The quantitative estimate of drug-likeness (QED) is 0.913. The summed E-state index contributed by atoms with van der Waals surface area (Å²) in [6, 6.07) is 0. The molecule has 0 amide bonds. The Hall–Kier alpha value is -1.10. The molecule has 1 fully saturated rings. The van der Waals surface area contributed by atoms with Crippen LogP contribution in [0.1, 0.15) is 27.2 Å². The van der Waals surface area contributed by atoms with Crippen molar-refractivity contribution >= 4 is 23.5 Å². The molecule has 0 aliphatic carbocycles. The molecule has 5 nitrogen and oxygen atoms in total. The highest BCUT2D eigenvalue weighted by molar-refractivity contribution is 6.28. The van der Waals surface area contributed by atoms with Gasteiger partial charge in [0.05, 0.1) is 0 Å². The summed E-state index contributed by atoms with van der Waals surface area (Å²) in [5.41, 5.74) is 0. The number of anilines is 2. The zero-order chi connectivity index (χ0) is 13.1. The lowest BCUT2D eigenvalue weighted by Gasteiger charge is -2.35. The number of rotatable bonds is 3. The van der Waals surface area contributed by atoms with Gasteiger partial charge in [-0.15, -0.1) is 0 Å². The maximum atomic E-state index is 5.94. The van der Waals surface area contributed by atoms with Crippen molar-refractivity contribution < 1.29 is 0 Å². The molecule has 1 aliphatic heterocycles. The third-order valence-corrected chi connectivity index (χ3v) is 3.72. The van der Waals surface area contributed by atoms with Gasteiger partial charge in [-0.25, -0.2) is 0 Å². The van der Waals surface area contributed by atoms with E-state index in [1.807, 2.05) is 6.92 Å². The van der Waals surface area contributed by atoms with Crippen molar-refractivity contribution in [2.24, 2.45) is 11.8 Å². The van der Waals surface area contributed by atoms with E-state index >= 15 is 0 Å². The number of piperidine rings is 1. The van der Waals surface area contributed by atoms with E-state index in [-0.39, 0.29) is 5.28 Å². The summed E-state index contributed by atoms with van der Waals surface area (Å²) in [4.78, 5) is 14.9. The third kappa shape index (κ3) is 3.02. The first kappa shape index (κ1) is 13.3. The maximum absolute atomic E-state index is 5.94. The first-order valence-corrected chi connectivity index (χ1v) is 6.88. The zero-order valence-corrected chi connectivity index (χ0v) is 11.9. The van der Waals surface area contributed by atoms with Gasteiger partial charge in [0.25, 0.3) is 0 Å². The zero-order valence-electron chi connectivity index (χ0n) is 11.1. The van der Waals surface area contributed by atoms with Gasteiger partial charge in [0.15, 0.2) is 0 Å². The van der Waals surface area contributed by atoms with Gasteiger partial charge in [0, 0.05) is 19.6 Å². The summed E-state index contributed by atoms with van der Waals surface area (Å²) in [5, 5.41) is 3.33. The fourth-order valence-corrected chi connectivity index (χ4v) is 2.32. The molecule has 0 radical (unpaired) electrons. The maximum Gasteiger partial charge on any atom is 0.231 e. The van der Waals surface area contributed by atoms with Crippen LogP contribution in [-0.2, 0) is 0 Å². The largest absolute Gasteiger partial charge is 0.354 e. The van der Waals surface area contributed by atoms with E-state index < -0.39 is 0 Å². The molecule has 1 aliphatic rings. The Morgan fingerprint density at radius 3 is 2.72 bits per heavy atom. The SMILES string of the molecule is CCNc1nc(Cl)nc(N2CCC(C)C(C)C2)n1. The number of nitrogens with zero attached hydrogens (tertiary/aromatic N) is 4. The fraction of sp³-hybridized carbons (Fsp3) is 0.750. The Morgan fingerprint density at radius 2 is 2.06 bits per heavy atom. The minimum Gasteiger partial charge on any atom is -0.354 e. The molecule has 2 rings (SSSR count). The van der Waals surface area contributed by atoms with Crippen LogP contribution in [-0.4, -0.2) is 34.6 Å². The lowest BCUT2D eigenvalue weighted by Crippen LogP contribution is -2.39. The standard InChI is InChI=1S/C12H20ClN5/c1-4-14-11-15-10(13)16-12(17-11)18-6-5-8(2)9(3)7-18/h8-9H,4-7H2,1-3H3,(H,14,15,16,17). The summed E-state index contributed by atoms with van der Waals surface area (Å²) < 4.78 is 0. The summed E-state index contributed by atoms with van der Waals surface area (Å²) >= 11 is 5.94. The minimum absolute atomic E-state index is 0.252. The minimum atomic E-state index is 0.252. The van der Waals surface area contributed by atoms with E-state index in [1.54, 1.807) is 0 Å². The molecule has 1 aromatic heterocycles. The number of nitrogens with one attached hydrogen (secondary N) is 1. The van der Waals surface area contributed by atoms with E-state index in [2.05, 4.69) is 39.0 Å². The molecule has 18 heavy (non-hydrogen) atoms. The van der Waals surface area contributed by atoms with Gasteiger partial charge in [0.2, 0.25) is 17.2 Å². The molecule has 0 saturated carbocycles. The lowest BCUT2D eigenvalue weighted by atomic mass is 9.89. The van der Waals surface area contributed by atoms with Gasteiger partial charge in [-0.3, -0.25) is 0 Å². The predicted molar refractivity (Wildman–Crippen MR) is 74.2 cm³/mol. The second-order valence-corrected chi connectivity index (χ2v) is 5.29. The molecule has 1 N–H and O–H groups in total. The number of halogens is 1. The Morgan fingerprint density at radius 1 is 1.28 bits per heavy atom. The second kappa shape index (κ2) is 5.69. The summed E-state index contributed by atoms with van der Waals surface area (Å²) in [6.45, 7) is 9.30. The average molecular weight is 270 g/mol. The van der Waals surface area contributed by atoms with Crippen molar-refractivity contribution in [2.75, 3.05) is 29.9 Å². The van der Waals surface area contributed by atoms with Gasteiger partial charge in [-0.05, 0) is 36.8 Å². The van der Waals surface area contributed by atoms with Crippen molar-refractivity contribution in [2.45, 2.75) is 27.2 Å². The summed E-state index contributed by atoms with van der Waals surface area (Å²) in [6.07, 6.45) is 1.17. The lowest BCUT2D eigenvalue weighted by molar-refractivity contribution is 0.321. The van der Waals surface area contributed by atoms with Gasteiger partial charge in [-0.2, -0.15) is 15.0 Å². The van der Waals surface area contributed by atoms with E-state index in [4.69, 9.17) is 11.6 Å². The van der Waals surface area contributed by atoms with Crippen LogP contribution < -0.4 is 10.2 Å². The molecule has 1 saturated heterocycles. The van der Waals surface area contributed by atoms with E-state index in [9.17, 15) is 0 Å². The summed E-state index contributed by atoms with van der Waals surface area (Å²) in [5.74, 6) is 2.65. The number of aromatic nitrogens is 3. The molecule has 2 heterocycles. The van der Waals surface area contributed by atoms with Crippen LogP contribution in [0.4, 0.5) is 11.9 Å². The Labute approximate surface area is 113 Å². The average Bonchev–Trinajstić information content (AvgIpc) is 2.32. The van der Waals surface area contributed by atoms with Crippen molar-refractivity contribution in [1.82, 2.24) is 15.0 Å². The van der Waals surface area contributed by atoms with Gasteiger partial charge < -0.3 is 10.2 Å². The normalized spacial score (nSPS) is 24.1. The van der Waals surface area contributed by atoms with E-state index in [0.717, 1.165) is 25.6 Å². The highest BCUT2D eigenvalue weighted by Gasteiger charge is 2.24. The molecule has 0 bridgehead atoms. The molecule has 0 aromatic carbocycles. The highest BCUT2D eigenvalue weighted by Crippen LogP contribution is 2.25. The van der Waals surface area contributed by atoms with Crippen molar-refractivity contribution in [3.63, 3.8) is 0 Å². The molecule has 2 unspecified atom stereocenters. The van der Waals surface area contributed by atoms with Gasteiger partial charge in [-0.1, -0.05) is 13.8 Å². The molecular weight excluding hydrogens is 250 g/mol. The van der Waals surface area contributed by atoms with Crippen LogP contribution in [0.15, 0.2) is 0 Å². The first-order valence-electron chi connectivity index (χ1n) is 6.50. The van der Waals surface area contributed by atoms with Crippen LogP contribution in [0.25, 0.3) is 0 Å². The third-order valence-electron chi connectivity index (χ3n) is 3.55. The molecule has 1 aromatic rings. The highest BCUT2D eigenvalue weighted by atomic mass is 35.5. The predicted octanol–water partition coefficient (Wildman–Crippen LogP) is 2.44. The Kier molecular flexibility index (Phi) is 4.22. The Balaban J connectivity index is 2.17. The monoisotopic (exact) mass is 269 g/mol. The van der Waals surface area contributed by atoms with E-state index in [1.165, 1.54) is 6.42 Å². The second-order valence-electron chi connectivity index (χ2n) is 4.95. The fourth-order valence-electron chi connectivity index (χ4n) is 2.16. The molecule has 0 spiro atoms.